The molecule has 132 valence electrons. The molecule has 0 atom stereocenters. The zero-order valence-corrected chi connectivity index (χ0v) is 14.7. The first-order valence-electron chi connectivity index (χ1n) is 8.25. The number of carboxylic acids is 1. The number of rotatable bonds is 7. The molecule has 0 heterocycles. The first kappa shape index (κ1) is 18.5. The molecule has 2 aromatic carbocycles. The largest absolute Gasteiger partial charge is 0.491 e. The zero-order valence-electron chi connectivity index (χ0n) is 14.7. The van der Waals surface area contributed by atoms with Crippen LogP contribution in [0.2, 0.25) is 0 Å². The van der Waals surface area contributed by atoms with Gasteiger partial charge in [0.25, 0.3) is 0 Å². The molecule has 2 rings (SSSR count). The average molecular weight is 341 g/mol. The highest BCUT2D eigenvalue weighted by molar-refractivity contribution is 5.92. The van der Waals surface area contributed by atoms with Crippen molar-refractivity contribution in [2.45, 2.75) is 39.7 Å². The molecule has 0 saturated carbocycles. The number of anilines is 1. The molecular weight excluding hydrogens is 318 g/mol. The van der Waals surface area contributed by atoms with E-state index in [0.29, 0.717) is 17.7 Å². The van der Waals surface area contributed by atoms with Gasteiger partial charge in [-0.25, -0.2) is 4.79 Å². The Bertz CT molecular complexity index is 768. The molecule has 0 unspecified atom stereocenters. The highest BCUT2D eigenvalue weighted by Crippen LogP contribution is 2.23. The van der Waals surface area contributed by atoms with Gasteiger partial charge in [0, 0.05) is 12.1 Å². The van der Waals surface area contributed by atoms with Gasteiger partial charge in [-0.3, -0.25) is 4.79 Å². The van der Waals surface area contributed by atoms with Crippen LogP contribution in [0.5, 0.6) is 5.75 Å². The number of carbonyl (C=O) groups is 2. The summed E-state index contributed by atoms with van der Waals surface area (Å²) >= 11 is 0. The second kappa shape index (κ2) is 8.33. The molecule has 2 aromatic rings. The van der Waals surface area contributed by atoms with Crippen LogP contribution in [-0.4, -0.2) is 23.1 Å². The lowest BCUT2D eigenvalue weighted by Gasteiger charge is -2.14. The van der Waals surface area contributed by atoms with E-state index >= 15 is 0 Å². The molecule has 0 spiro atoms. The fourth-order valence-corrected chi connectivity index (χ4v) is 2.53. The van der Waals surface area contributed by atoms with Crippen LogP contribution in [0, 0.1) is 6.92 Å². The topological polar surface area (TPSA) is 75.6 Å². The smallest absolute Gasteiger partial charge is 0.335 e. The molecule has 0 saturated heterocycles. The zero-order chi connectivity index (χ0) is 18.4. The minimum atomic E-state index is -0.979. The third-order valence-corrected chi connectivity index (χ3v) is 3.69. The first-order valence-corrected chi connectivity index (χ1v) is 8.25. The Balaban J connectivity index is 1.97. The van der Waals surface area contributed by atoms with Crippen molar-refractivity contribution in [1.82, 2.24) is 0 Å². The van der Waals surface area contributed by atoms with Gasteiger partial charge in [-0.05, 0) is 62.6 Å². The number of ether oxygens (including phenoxy) is 1. The van der Waals surface area contributed by atoms with E-state index in [4.69, 9.17) is 4.74 Å². The summed E-state index contributed by atoms with van der Waals surface area (Å²) in [5.74, 6) is -0.340. The Morgan fingerprint density at radius 3 is 2.52 bits per heavy atom. The number of nitrogens with one attached hydrogen (secondary N) is 1. The van der Waals surface area contributed by atoms with Gasteiger partial charge >= 0.3 is 5.97 Å². The maximum atomic E-state index is 12.2. The molecule has 5 nitrogen and oxygen atoms in total. The molecule has 2 N–H and O–H groups in total. The fraction of sp³-hybridized carbons (Fsp3) is 0.300. The van der Waals surface area contributed by atoms with Crippen molar-refractivity contribution in [1.29, 1.82) is 0 Å². The minimum Gasteiger partial charge on any atom is -0.491 e. The standard InChI is InChI=1S/C20H23NO4/c1-13(2)25-18-10-9-16(12-14(18)3)21-19(22)11-8-15-6-4-5-7-17(15)20(23)24/h4-7,9-10,12-13H,8,11H2,1-3H3,(H,21,22)(H,23,24). The Morgan fingerprint density at radius 2 is 1.88 bits per heavy atom. The third-order valence-electron chi connectivity index (χ3n) is 3.69. The maximum Gasteiger partial charge on any atom is 0.335 e. The summed E-state index contributed by atoms with van der Waals surface area (Å²) in [6.07, 6.45) is 0.684. The number of hydrogen-bond donors (Lipinski definition) is 2. The molecule has 0 radical (unpaired) electrons. The monoisotopic (exact) mass is 341 g/mol. The van der Waals surface area contributed by atoms with Crippen LogP contribution in [-0.2, 0) is 11.2 Å². The normalized spacial score (nSPS) is 10.6. The van der Waals surface area contributed by atoms with Crippen LogP contribution in [0.4, 0.5) is 5.69 Å². The predicted molar refractivity (Wildman–Crippen MR) is 97.3 cm³/mol. The lowest BCUT2D eigenvalue weighted by Crippen LogP contribution is -2.14. The second-order valence-corrected chi connectivity index (χ2v) is 6.16. The summed E-state index contributed by atoms with van der Waals surface area (Å²) < 4.78 is 5.68. The van der Waals surface area contributed by atoms with Crippen LogP contribution in [0.1, 0.15) is 41.8 Å². The maximum absolute atomic E-state index is 12.2. The number of aryl methyl sites for hydroxylation is 2. The molecule has 0 aromatic heterocycles. The van der Waals surface area contributed by atoms with Crippen LogP contribution in [0.15, 0.2) is 42.5 Å². The summed E-state index contributed by atoms with van der Waals surface area (Å²) in [4.78, 5) is 23.3. The van der Waals surface area contributed by atoms with Gasteiger partial charge in [0.2, 0.25) is 5.91 Å². The highest BCUT2D eigenvalue weighted by atomic mass is 16.5. The van der Waals surface area contributed by atoms with Gasteiger partial charge in [-0.2, -0.15) is 0 Å². The molecule has 0 aliphatic carbocycles. The van der Waals surface area contributed by atoms with Gasteiger partial charge < -0.3 is 15.2 Å². The highest BCUT2D eigenvalue weighted by Gasteiger charge is 2.11. The van der Waals surface area contributed by atoms with Crippen LogP contribution < -0.4 is 10.1 Å². The Kier molecular flexibility index (Phi) is 6.17. The van der Waals surface area contributed by atoms with Crippen molar-refractivity contribution in [3.63, 3.8) is 0 Å². The van der Waals surface area contributed by atoms with E-state index in [2.05, 4.69) is 5.32 Å². The van der Waals surface area contributed by atoms with Crippen LogP contribution in [0.3, 0.4) is 0 Å². The lowest BCUT2D eigenvalue weighted by atomic mass is 10.0. The van der Waals surface area contributed by atoms with Gasteiger partial charge in [-0.1, -0.05) is 18.2 Å². The molecule has 25 heavy (non-hydrogen) atoms. The van der Waals surface area contributed by atoms with E-state index in [1.165, 1.54) is 0 Å². The van der Waals surface area contributed by atoms with Gasteiger partial charge in [0.15, 0.2) is 0 Å². The van der Waals surface area contributed by atoms with Gasteiger partial charge in [-0.15, -0.1) is 0 Å². The van der Waals surface area contributed by atoms with E-state index in [9.17, 15) is 14.7 Å². The number of amides is 1. The van der Waals surface area contributed by atoms with Crippen LogP contribution in [0.25, 0.3) is 0 Å². The SMILES string of the molecule is Cc1cc(NC(=O)CCc2ccccc2C(=O)O)ccc1OC(C)C. The minimum absolute atomic E-state index is 0.0912. The van der Waals surface area contributed by atoms with Crippen LogP contribution >= 0.6 is 0 Å². The van der Waals surface area contributed by atoms with Crippen molar-refractivity contribution in [3.8, 4) is 5.75 Å². The van der Waals surface area contributed by atoms with Gasteiger partial charge in [0.05, 0.1) is 11.7 Å². The molecule has 0 aliphatic heterocycles. The van der Waals surface area contributed by atoms with E-state index in [1.54, 1.807) is 30.3 Å². The summed E-state index contributed by atoms with van der Waals surface area (Å²) in [7, 11) is 0. The number of benzene rings is 2. The number of hydrogen-bond acceptors (Lipinski definition) is 3. The fourth-order valence-electron chi connectivity index (χ4n) is 2.53. The summed E-state index contributed by atoms with van der Waals surface area (Å²) in [6.45, 7) is 5.85. The molecule has 0 bridgehead atoms. The summed E-state index contributed by atoms with van der Waals surface area (Å²) in [5, 5.41) is 12.0. The van der Waals surface area contributed by atoms with E-state index < -0.39 is 5.97 Å². The van der Waals surface area contributed by atoms with E-state index in [1.807, 2.05) is 32.9 Å². The molecule has 1 amide bonds. The lowest BCUT2D eigenvalue weighted by molar-refractivity contribution is -0.116. The Hall–Kier alpha value is -2.82. The van der Waals surface area contributed by atoms with Crippen molar-refractivity contribution in [3.05, 3.63) is 59.2 Å². The van der Waals surface area contributed by atoms with Crippen molar-refractivity contribution in [2.24, 2.45) is 0 Å². The Morgan fingerprint density at radius 1 is 1.16 bits per heavy atom. The average Bonchev–Trinajstić information content (AvgIpc) is 2.55. The predicted octanol–water partition coefficient (Wildman–Crippen LogP) is 4.05. The number of carboxylic acid groups (broad SMARTS) is 1. The van der Waals surface area contributed by atoms with Gasteiger partial charge in [0.1, 0.15) is 5.75 Å². The number of carbonyl (C=O) groups excluding carboxylic acids is 1. The first-order chi connectivity index (χ1) is 11.9. The molecule has 5 heteroatoms. The Labute approximate surface area is 147 Å². The quantitative estimate of drug-likeness (QED) is 0.796. The van der Waals surface area contributed by atoms with Crippen molar-refractivity contribution < 1.29 is 19.4 Å². The van der Waals surface area contributed by atoms with E-state index in [0.717, 1.165) is 11.3 Å². The molecular formula is C20H23NO4. The second-order valence-electron chi connectivity index (χ2n) is 6.16. The number of aromatic carboxylic acids is 1. The molecule has 0 fully saturated rings. The van der Waals surface area contributed by atoms with E-state index in [-0.39, 0.29) is 24.0 Å². The summed E-state index contributed by atoms with van der Waals surface area (Å²) in [6, 6.07) is 12.2. The van der Waals surface area contributed by atoms with Crippen molar-refractivity contribution >= 4 is 17.6 Å². The third kappa shape index (κ3) is 5.35. The molecule has 0 aliphatic rings. The summed E-state index contributed by atoms with van der Waals surface area (Å²) in [5.41, 5.74) is 2.54. The van der Waals surface area contributed by atoms with Crippen molar-refractivity contribution in [2.75, 3.05) is 5.32 Å².